The molecule has 0 spiro atoms. The summed E-state index contributed by atoms with van der Waals surface area (Å²) >= 11 is 0. The predicted octanol–water partition coefficient (Wildman–Crippen LogP) is -2.19. The van der Waals surface area contributed by atoms with Gasteiger partial charge in [-0.3, -0.25) is 4.52 Å². The summed E-state index contributed by atoms with van der Waals surface area (Å²) in [6, 6.07) is 5.82. The normalized spacial score (nSPS) is 9.79. The molecule has 2 aromatic rings. The number of halogens is 1. The van der Waals surface area contributed by atoms with Crippen LogP contribution in [0.15, 0.2) is 28.9 Å². The number of anilines is 1. The lowest BCUT2D eigenvalue weighted by Gasteiger charge is -2.08. The molecule has 0 amide bonds. The molecule has 1 heterocycles. The summed E-state index contributed by atoms with van der Waals surface area (Å²) in [7, 11) is 3.24. The van der Waals surface area contributed by atoms with Crippen LogP contribution in [-0.4, -0.2) is 19.5 Å². The van der Waals surface area contributed by atoms with Crippen LogP contribution in [0, 0.1) is 0 Å². The van der Waals surface area contributed by atoms with E-state index in [-0.39, 0.29) is 12.4 Å². The summed E-state index contributed by atoms with van der Waals surface area (Å²) in [5.41, 5.74) is 6.57. The zero-order valence-electron chi connectivity index (χ0n) is 10.8. The fourth-order valence-corrected chi connectivity index (χ4v) is 1.68. The maximum absolute atomic E-state index is 5.44. The van der Waals surface area contributed by atoms with Gasteiger partial charge in [-0.25, -0.2) is 0 Å². The average molecular weight is 286 g/mol. The molecule has 0 bridgehead atoms. The van der Waals surface area contributed by atoms with Crippen LogP contribution in [0.25, 0.3) is 0 Å². The maximum atomic E-state index is 5.44. The quantitative estimate of drug-likeness (QED) is 0.632. The van der Waals surface area contributed by atoms with E-state index in [0.717, 1.165) is 23.5 Å². The van der Waals surface area contributed by atoms with Gasteiger partial charge in [0, 0.05) is 6.42 Å². The van der Waals surface area contributed by atoms with Crippen molar-refractivity contribution in [3.63, 3.8) is 0 Å². The van der Waals surface area contributed by atoms with Crippen LogP contribution in [0.2, 0.25) is 0 Å². The summed E-state index contributed by atoms with van der Waals surface area (Å²) in [6.45, 7) is 0.691. The molecule has 0 aliphatic rings. The Balaban J connectivity index is 0.00000180. The Morgan fingerprint density at radius 3 is 2.58 bits per heavy atom. The Kier molecular flexibility index (Phi) is 5.44. The lowest BCUT2D eigenvalue weighted by molar-refractivity contribution is -0.761. The van der Waals surface area contributed by atoms with E-state index in [0.29, 0.717) is 12.4 Å². The number of ether oxygens (including phenoxy) is 2. The lowest BCUT2D eigenvalue weighted by atomic mass is 10.1. The second kappa shape index (κ2) is 6.84. The number of nitrogens with zero attached hydrogens (tertiary/aromatic N) is 2. The minimum Gasteiger partial charge on any atom is -1.00 e. The van der Waals surface area contributed by atoms with Gasteiger partial charge in [0.05, 0.1) is 14.2 Å². The largest absolute Gasteiger partial charge is 1.00 e. The van der Waals surface area contributed by atoms with Gasteiger partial charge in [0.1, 0.15) is 0 Å². The number of aromatic nitrogens is 2. The predicted molar refractivity (Wildman–Crippen MR) is 64.4 cm³/mol. The first-order chi connectivity index (χ1) is 8.72. The molecule has 0 radical (unpaired) electrons. The van der Waals surface area contributed by atoms with Crippen LogP contribution in [0.3, 0.4) is 0 Å². The van der Waals surface area contributed by atoms with Crippen molar-refractivity contribution in [1.29, 1.82) is 0 Å². The second-order valence-corrected chi connectivity index (χ2v) is 3.81. The van der Waals surface area contributed by atoms with E-state index in [1.165, 1.54) is 0 Å². The number of benzene rings is 1. The van der Waals surface area contributed by atoms with Gasteiger partial charge in [-0.2, -0.15) is 0 Å². The second-order valence-electron chi connectivity index (χ2n) is 3.81. The topological polar surface area (TPSA) is 74.4 Å². The molecular formula is C12H16ClN3O3. The van der Waals surface area contributed by atoms with Crippen LogP contribution in [-0.2, 0) is 13.0 Å². The highest BCUT2D eigenvalue weighted by atomic mass is 35.5. The van der Waals surface area contributed by atoms with Crippen molar-refractivity contribution in [2.75, 3.05) is 20.0 Å². The maximum Gasteiger partial charge on any atom is 0.293 e. The van der Waals surface area contributed by atoms with Crippen LogP contribution in [0.1, 0.15) is 5.56 Å². The van der Waals surface area contributed by atoms with E-state index in [1.807, 2.05) is 18.2 Å². The standard InChI is InChI=1S/C12H16N3O3.ClH/c1-16-10-4-3-9(7-11(10)17-2)5-6-15-8-12(13)18-14-15;/h3-4,7-8H,5-6,13H2,1-2H3;1H/q+1;/p-1. The van der Waals surface area contributed by atoms with Gasteiger partial charge < -0.3 is 27.6 Å². The van der Waals surface area contributed by atoms with Crippen LogP contribution < -0.4 is 32.3 Å². The van der Waals surface area contributed by atoms with Crippen molar-refractivity contribution < 1.29 is 31.1 Å². The van der Waals surface area contributed by atoms with Crippen molar-refractivity contribution >= 4 is 5.88 Å². The van der Waals surface area contributed by atoms with Crippen molar-refractivity contribution in [2.24, 2.45) is 0 Å². The van der Waals surface area contributed by atoms with Gasteiger partial charge in [0.25, 0.3) is 12.1 Å². The fourth-order valence-electron chi connectivity index (χ4n) is 1.68. The van der Waals surface area contributed by atoms with Gasteiger partial charge >= 0.3 is 0 Å². The third-order valence-corrected chi connectivity index (χ3v) is 2.60. The van der Waals surface area contributed by atoms with Crippen molar-refractivity contribution in [3.8, 4) is 11.5 Å². The van der Waals surface area contributed by atoms with Gasteiger partial charge in [-0.15, -0.1) is 0 Å². The molecule has 1 aromatic heterocycles. The minimum atomic E-state index is 0. The van der Waals surface area contributed by atoms with E-state index in [2.05, 4.69) is 5.27 Å². The lowest BCUT2D eigenvalue weighted by Crippen LogP contribution is -3.00. The molecule has 1 aromatic carbocycles. The van der Waals surface area contributed by atoms with Crippen LogP contribution >= 0.6 is 0 Å². The first-order valence-electron chi connectivity index (χ1n) is 5.55. The van der Waals surface area contributed by atoms with Crippen LogP contribution in [0.4, 0.5) is 5.88 Å². The summed E-state index contributed by atoms with van der Waals surface area (Å²) in [5, 5.41) is 3.77. The molecule has 0 aliphatic carbocycles. The number of aryl methyl sites for hydroxylation is 2. The molecule has 2 rings (SSSR count). The van der Waals surface area contributed by atoms with Gasteiger partial charge in [0.2, 0.25) is 5.27 Å². The SMILES string of the molecule is COc1ccc(CC[n+]2cc(N)on2)cc1OC.[Cl-]. The summed E-state index contributed by atoms with van der Waals surface area (Å²) < 4.78 is 16.9. The molecule has 0 saturated carbocycles. The van der Waals surface area contributed by atoms with E-state index < -0.39 is 0 Å². The van der Waals surface area contributed by atoms with E-state index in [1.54, 1.807) is 25.1 Å². The van der Waals surface area contributed by atoms with E-state index >= 15 is 0 Å². The highest BCUT2D eigenvalue weighted by Crippen LogP contribution is 2.27. The Morgan fingerprint density at radius 2 is 2.00 bits per heavy atom. The first kappa shape index (κ1) is 15.1. The number of nitrogens with two attached hydrogens (primary N) is 1. The van der Waals surface area contributed by atoms with Gasteiger partial charge in [0.15, 0.2) is 18.0 Å². The summed E-state index contributed by atoms with van der Waals surface area (Å²) in [5.74, 6) is 1.75. The van der Waals surface area contributed by atoms with Crippen LogP contribution in [0.5, 0.6) is 11.5 Å². The highest BCUT2D eigenvalue weighted by molar-refractivity contribution is 5.42. The highest BCUT2D eigenvalue weighted by Gasteiger charge is 2.10. The smallest absolute Gasteiger partial charge is 0.293 e. The Labute approximate surface area is 117 Å². The number of hydrogen-bond acceptors (Lipinski definition) is 5. The monoisotopic (exact) mass is 285 g/mol. The molecule has 2 N–H and O–H groups in total. The molecule has 7 heteroatoms. The third kappa shape index (κ3) is 3.75. The molecule has 0 fully saturated rings. The van der Waals surface area contributed by atoms with E-state index in [9.17, 15) is 0 Å². The van der Waals surface area contributed by atoms with Crippen molar-refractivity contribution in [1.82, 2.24) is 5.27 Å². The number of nitrogen functional groups attached to an aromatic ring is 1. The molecule has 0 unspecified atom stereocenters. The average Bonchev–Trinajstić information content (AvgIpc) is 2.81. The third-order valence-electron chi connectivity index (χ3n) is 2.60. The number of rotatable bonds is 5. The summed E-state index contributed by atoms with van der Waals surface area (Å²) in [6.07, 6.45) is 2.46. The van der Waals surface area contributed by atoms with Gasteiger partial charge in [-0.1, -0.05) is 10.7 Å². The Hall–Kier alpha value is -1.95. The first-order valence-corrected chi connectivity index (χ1v) is 5.55. The molecule has 19 heavy (non-hydrogen) atoms. The Morgan fingerprint density at radius 1 is 1.26 bits per heavy atom. The molecule has 0 aliphatic heterocycles. The molecule has 0 atom stereocenters. The molecule has 6 nitrogen and oxygen atoms in total. The molecular weight excluding hydrogens is 270 g/mol. The van der Waals surface area contributed by atoms with Crippen molar-refractivity contribution in [2.45, 2.75) is 13.0 Å². The Bertz CT molecular complexity index is 531. The fraction of sp³-hybridized carbons (Fsp3) is 0.333. The zero-order valence-corrected chi connectivity index (χ0v) is 11.6. The number of hydrogen-bond donors (Lipinski definition) is 1. The van der Waals surface area contributed by atoms with Gasteiger partial charge in [-0.05, 0) is 17.7 Å². The number of methoxy groups -OCH3 is 2. The zero-order chi connectivity index (χ0) is 13.0. The van der Waals surface area contributed by atoms with Crippen molar-refractivity contribution in [3.05, 3.63) is 30.0 Å². The van der Waals surface area contributed by atoms with E-state index in [4.69, 9.17) is 19.7 Å². The molecule has 104 valence electrons. The minimum absolute atomic E-state index is 0. The summed E-state index contributed by atoms with van der Waals surface area (Å²) in [4.78, 5) is 0. The molecule has 0 saturated heterocycles.